The molecule has 3 rings (SSSR count). The first-order valence-electron chi connectivity index (χ1n) is 5.26. The molecule has 1 aliphatic heterocycles. The van der Waals surface area contributed by atoms with E-state index in [4.69, 9.17) is 9.47 Å². The Kier molecular flexibility index (Phi) is 2.44. The summed E-state index contributed by atoms with van der Waals surface area (Å²) in [6, 6.07) is 10.1. The van der Waals surface area contributed by atoms with E-state index in [0.29, 0.717) is 13.2 Å². The van der Waals surface area contributed by atoms with E-state index in [-0.39, 0.29) is 6.29 Å². The van der Waals surface area contributed by atoms with Gasteiger partial charge in [-0.3, -0.25) is 5.10 Å². The molecule has 0 atom stereocenters. The quantitative estimate of drug-likeness (QED) is 0.836. The molecule has 4 nitrogen and oxygen atoms in total. The second kappa shape index (κ2) is 4.08. The Bertz CT molecular complexity index is 444. The maximum atomic E-state index is 5.43. The molecule has 0 amide bonds. The summed E-state index contributed by atoms with van der Waals surface area (Å²) in [5, 5.41) is 6.85. The molecular formula is C12H12N2O2. The highest BCUT2D eigenvalue weighted by Gasteiger charge is 2.17. The molecule has 2 heterocycles. The standard InChI is InChI=1S/C12H12N2O2/c1-3-10(12-15-7-8-16-12)4-2-9(1)11-5-6-13-14-11/h1-6,12H,7-8H2,(H,13,14). The highest BCUT2D eigenvalue weighted by atomic mass is 16.7. The topological polar surface area (TPSA) is 47.1 Å². The second-order valence-corrected chi connectivity index (χ2v) is 3.67. The number of hydrogen-bond donors (Lipinski definition) is 1. The lowest BCUT2D eigenvalue weighted by molar-refractivity contribution is -0.0441. The zero-order valence-electron chi connectivity index (χ0n) is 8.72. The Balaban J connectivity index is 1.84. The normalized spacial score (nSPS) is 16.8. The second-order valence-electron chi connectivity index (χ2n) is 3.67. The first-order valence-corrected chi connectivity index (χ1v) is 5.26. The minimum absolute atomic E-state index is 0.198. The maximum absolute atomic E-state index is 5.43. The fourth-order valence-electron chi connectivity index (χ4n) is 1.79. The van der Waals surface area contributed by atoms with Crippen molar-refractivity contribution in [2.75, 3.05) is 13.2 Å². The van der Waals surface area contributed by atoms with Crippen LogP contribution in [0.5, 0.6) is 0 Å². The third-order valence-corrected chi connectivity index (χ3v) is 2.62. The predicted octanol–water partition coefficient (Wildman–Crippen LogP) is 2.12. The molecule has 1 fully saturated rings. The van der Waals surface area contributed by atoms with Gasteiger partial charge >= 0.3 is 0 Å². The Morgan fingerprint density at radius 2 is 1.81 bits per heavy atom. The molecule has 1 aromatic heterocycles. The number of hydrogen-bond acceptors (Lipinski definition) is 3. The average Bonchev–Trinajstić information content (AvgIpc) is 3.03. The summed E-state index contributed by atoms with van der Waals surface area (Å²) in [7, 11) is 0. The third-order valence-electron chi connectivity index (χ3n) is 2.62. The number of aromatic nitrogens is 2. The number of rotatable bonds is 2. The molecule has 0 bridgehead atoms. The first-order chi connectivity index (χ1) is 7.93. The van der Waals surface area contributed by atoms with Gasteiger partial charge in [0.05, 0.1) is 18.9 Å². The van der Waals surface area contributed by atoms with Crippen molar-refractivity contribution in [1.82, 2.24) is 10.2 Å². The first kappa shape index (κ1) is 9.57. The molecule has 0 unspecified atom stereocenters. The van der Waals surface area contributed by atoms with Crippen LogP contribution < -0.4 is 0 Å². The van der Waals surface area contributed by atoms with Gasteiger partial charge in [-0.2, -0.15) is 5.10 Å². The van der Waals surface area contributed by atoms with Gasteiger partial charge < -0.3 is 9.47 Å². The lowest BCUT2D eigenvalue weighted by atomic mass is 10.1. The van der Waals surface area contributed by atoms with Gasteiger partial charge in [-0.05, 0) is 11.6 Å². The van der Waals surface area contributed by atoms with Crippen molar-refractivity contribution >= 4 is 0 Å². The van der Waals surface area contributed by atoms with E-state index in [0.717, 1.165) is 16.8 Å². The maximum Gasteiger partial charge on any atom is 0.184 e. The van der Waals surface area contributed by atoms with Crippen LogP contribution >= 0.6 is 0 Å². The molecular weight excluding hydrogens is 204 g/mol. The molecule has 0 saturated carbocycles. The van der Waals surface area contributed by atoms with Crippen LogP contribution in [0.2, 0.25) is 0 Å². The number of H-pyrrole nitrogens is 1. The van der Waals surface area contributed by atoms with Crippen LogP contribution in [0.4, 0.5) is 0 Å². The van der Waals surface area contributed by atoms with Crippen molar-refractivity contribution in [3.63, 3.8) is 0 Å². The summed E-state index contributed by atoms with van der Waals surface area (Å²) in [5.41, 5.74) is 3.18. The van der Waals surface area contributed by atoms with Crippen LogP contribution in [0.1, 0.15) is 11.9 Å². The molecule has 0 radical (unpaired) electrons. The Labute approximate surface area is 93.2 Å². The summed E-state index contributed by atoms with van der Waals surface area (Å²) < 4.78 is 10.9. The van der Waals surface area contributed by atoms with Gasteiger partial charge in [0.2, 0.25) is 0 Å². The molecule has 1 N–H and O–H groups in total. The average molecular weight is 216 g/mol. The van der Waals surface area contributed by atoms with Gasteiger partial charge in [-0.25, -0.2) is 0 Å². The minimum Gasteiger partial charge on any atom is -0.346 e. The van der Waals surface area contributed by atoms with E-state index >= 15 is 0 Å². The van der Waals surface area contributed by atoms with Crippen LogP contribution in [0, 0.1) is 0 Å². The number of benzene rings is 1. The minimum atomic E-state index is -0.198. The molecule has 0 spiro atoms. The van der Waals surface area contributed by atoms with E-state index in [2.05, 4.69) is 10.2 Å². The Morgan fingerprint density at radius 1 is 1.06 bits per heavy atom. The SMILES string of the molecule is c1cc(-c2ccc(C3OCCO3)cc2)[nH]n1. The molecule has 1 aromatic carbocycles. The molecule has 2 aromatic rings. The predicted molar refractivity (Wildman–Crippen MR) is 58.7 cm³/mol. The molecule has 1 aliphatic rings. The Morgan fingerprint density at radius 3 is 2.44 bits per heavy atom. The highest BCUT2D eigenvalue weighted by Crippen LogP contribution is 2.25. The number of ether oxygens (including phenoxy) is 2. The third kappa shape index (κ3) is 1.73. The van der Waals surface area contributed by atoms with Gasteiger partial charge in [0, 0.05) is 11.8 Å². The van der Waals surface area contributed by atoms with Crippen molar-refractivity contribution in [2.24, 2.45) is 0 Å². The lowest BCUT2D eigenvalue weighted by Gasteiger charge is -2.09. The summed E-state index contributed by atoms with van der Waals surface area (Å²) >= 11 is 0. The lowest BCUT2D eigenvalue weighted by Crippen LogP contribution is -1.97. The van der Waals surface area contributed by atoms with Crippen molar-refractivity contribution in [3.05, 3.63) is 42.1 Å². The van der Waals surface area contributed by atoms with Crippen LogP contribution in [0.3, 0.4) is 0 Å². The largest absolute Gasteiger partial charge is 0.346 e. The molecule has 16 heavy (non-hydrogen) atoms. The van der Waals surface area contributed by atoms with E-state index in [1.807, 2.05) is 30.3 Å². The Hall–Kier alpha value is -1.65. The van der Waals surface area contributed by atoms with Crippen molar-refractivity contribution in [2.45, 2.75) is 6.29 Å². The summed E-state index contributed by atoms with van der Waals surface area (Å²) in [4.78, 5) is 0. The van der Waals surface area contributed by atoms with Crippen molar-refractivity contribution in [1.29, 1.82) is 0 Å². The zero-order valence-corrected chi connectivity index (χ0v) is 8.72. The molecule has 82 valence electrons. The smallest absolute Gasteiger partial charge is 0.184 e. The summed E-state index contributed by atoms with van der Waals surface area (Å²) in [5.74, 6) is 0. The number of nitrogens with zero attached hydrogens (tertiary/aromatic N) is 1. The van der Waals surface area contributed by atoms with Gasteiger partial charge in [0.15, 0.2) is 6.29 Å². The fraction of sp³-hybridized carbons (Fsp3) is 0.250. The number of aromatic amines is 1. The van der Waals surface area contributed by atoms with Crippen molar-refractivity contribution < 1.29 is 9.47 Å². The van der Waals surface area contributed by atoms with E-state index in [1.165, 1.54) is 0 Å². The monoisotopic (exact) mass is 216 g/mol. The van der Waals surface area contributed by atoms with Gasteiger partial charge in [-0.1, -0.05) is 24.3 Å². The summed E-state index contributed by atoms with van der Waals surface area (Å²) in [6.45, 7) is 1.35. The number of nitrogens with one attached hydrogen (secondary N) is 1. The van der Waals surface area contributed by atoms with Crippen LogP contribution in [-0.2, 0) is 9.47 Å². The zero-order chi connectivity index (χ0) is 10.8. The summed E-state index contributed by atoms with van der Waals surface area (Å²) in [6.07, 6.45) is 1.54. The van der Waals surface area contributed by atoms with Crippen molar-refractivity contribution in [3.8, 4) is 11.3 Å². The van der Waals surface area contributed by atoms with Gasteiger partial charge in [0.1, 0.15) is 0 Å². The molecule has 1 saturated heterocycles. The van der Waals surface area contributed by atoms with Crippen LogP contribution in [-0.4, -0.2) is 23.4 Å². The van der Waals surface area contributed by atoms with Crippen LogP contribution in [0.25, 0.3) is 11.3 Å². The highest BCUT2D eigenvalue weighted by molar-refractivity contribution is 5.58. The molecule has 4 heteroatoms. The molecule has 0 aliphatic carbocycles. The van der Waals surface area contributed by atoms with Gasteiger partial charge in [0.25, 0.3) is 0 Å². The van der Waals surface area contributed by atoms with Gasteiger partial charge in [-0.15, -0.1) is 0 Å². The van der Waals surface area contributed by atoms with E-state index in [9.17, 15) is 0 Å². The van der Waals surface area contributed by atoms with E-state index < -0.39 is 0 Å². The van der Waals surface area contributed by atoms with Crippen LogP contribution in [0.15, 0.2) is 36.5 Å². The fourth-order valence-corrected chi connectivity index (χ4v) is 1.79. The van der Waals surface area contributed by atoms with E-state index in [1.54, 1.807) is 6.20 Å².